The summed E-state index contributed by atoms with van der Waals surface area (Å²) in [4.78, 5) is 3.92. The Hall–Kier alpha value is -0.850. The van der Waals surface area contributed by atoms with Crippen LogP contribution in [0.2, 0.25) is 5.02 Å². The van der Waals surface area contributed by atoms with Gasteiger partial charge >= 0.3 is 0 Å². The van der Waals surface area contributed by atoms with Crippen molar-refractivity contribution in [3.63, 3.8) is 0 Å². The van der Waals surface area contributed by atoms with Gasteiger partial charge in [0.15, 0.2) is 0 Å². The molecule has 1 aromatic rings. The number of nitrogens with zero attached hydrogens (tertiary/aromatic N) is 2. The van der Waals surface area contributed by atoms with Crippen molar-refractivity contribution >= 4 is 27.4 Å². The van der Waals surface area contributed by atoms with Crippen molar-refractivity contribution in [1.29, 1.82) is 0 Å². The first-order valence-electron chi connectivity index (χ1n) is 6.25. The first-order valence-corrected chi connectivity index (χ1v) is 8.07. The van der Waals surface area contributed by atoms with Crippen LogP contribution in [0.3, 0.4) is 0 Å². The minimum absolute atomic E-state index is 0.0954. The van der Waals surface area contributed by atoms with Crippen molar-refractivity contribution in [3.05, 3.63) is 17.3 Å². The molecule has 106 valence electrons. The first-order chi connectivity index (χ1) is 8.82. The summed E-state index contributed by atoms with van der Waals surface area (Å²) in [5, 5.41) is 0.163. The fourth-order valence-electron chi connectivity index (χ4n) is 1.85. The Labute approximate surface area is 118 Å². The minimum atomic E-state index is -3.56. The largest absolute Gasteiger partial charge is 0.382 e. The third-order valence-electron chi connectivity index (χ3n) is 3.16. The maximum Gasteiger partial charge on any atom is 0.244 e. The van der Waals surface area contributed by atoms with Gasteiger partial charge in [0.05, 0.1) is 5.02 Å². The molecule has 0 amide bonds. The van der Waals surface area contributed by atoms with E-state index >= 15 is 0 Å². The average molecular weight is 304 g/mol. The third-order valence-corrected chi connectivity index (χ3v) is 5.47. The van der Waals surface area contributed by atoms with Crippen molar-refractivity contribution in [3.8, 4) is 0 Å². The van der Waals surface area contributed by atoms with Crippen LogP contribution in [-0.2, 0) is 10.0 Å². The summed E-state index contributed by atoms with van der Waals surface area (Å²) in [5.74, 6) is 0.619. The number of rotatable bonds is 5. The molecular weight excluding hydrogens is 286 g/mol. The number of sulfonamides is 1. The standard InChI is InChI=1S/C12H18ClN3O2S/c1-8(2)16(7-9-3-4-9)19(17,18)10-5-11(13)12(14)15-6-10/h5-6,8-9H,3-4,7H2,1-2H3,(H2,14,15). The lowest BCUT2D eigenvalue weighted by Gasteiger charge is -2.25. The van der Waals surface area contributed by atoms with E-state index < -0.39 is 10.0 Å². The second-order valence-corrected chi connectivity index (χ2v) is 7.45. The number of hydrogen-bond acceptors (Lipinski definition) is 4. The monoisotopic (exact) mass is 303 g/mol. The number of halogens is 1. The minimum Gasteiger partial charge on any atom is -0.382 e. The molecule has 5 nitrogen and oxygen atoms in total. The fourth-order valence-corrected chi connectivity index (χ4v) is 3.77. The van der Waals surface area contributed by atoms with E-state index in [-0.39, 0.29) is 21.8 Å². The van der Waals surface area contributed by atoms with Crippen LogP contribution in [0.5, 0.6) is 0 Å². The quantitative estimate of drug-likeness (QED) is 0.904. The summed E-state index contributed by atoms with van der Waals surface area (Å²) in [6, 6.07) is 1.27. The van der Waals surface area contributed by atoms with Crippen molar-refractivity contribution in [1.82, 2.24) is 9.29 Å². The molecule has 0 aromatic carbocycles. The molecule has 1 heterocycles. The normalized spacial score (nSPS) is 16.3. The van der Waals surface area contributed by atoms with Crippen LogP contribution in [0, 0.1) is 5.92 Å². The zero-order valence-electron chi connectivity index (χ0n) is 11.0. The summed E-state index contributed by atoms with van der Waals surface area (Å²) in [6.45, 7) is 4.29. The van der Waals surface area contributed by atoms with Crippen molar-refractivity contribution in [2.75, 3.05) is 12.3 Å². The zero-order chi connectivity index (χ0) is 14.2. The number of pyridine rings is 1. The van der Waals surface area contributed by atoms with Crippen LogP contribution in [-0.4, -0.2) is 30.3 Å². The smallest absolute Gasteiger partial charge is 0.244 e. The molecule has 0 aliphatic heterocycles. The first kappa shape index (κ1) is 14.6. The van der Waals surface area contributed by atoms with E-state index in [0.29, 0.717) is 12.5 Å². The third kappa shape index (κ3) is 3.19. The van der Waals surface area contributed by atoms with Gasteiger partial charge in [0.2, 0.25) is 10.0 Å². The van der Waals surface area contributed by atoms with Crippen LogP contribution >= 0.6 is 11.6 Å². The van der Waals surface area contributed by atoms with Gasteiger partial charge in [-0.15, -0.1) is 0 Å². The SMILES string of the molecule is CC(C)N(CC1CC1)S(=O)(=O)c1cnc(N)c(Cl)c1. The highest BCUT2D eigenvalue weighted by Gasteiger charge is 2.33. The van der Waals surface area contributed by atoms with E-state index in [9.17, 15) is 8.42 Å². The molecule has 1 fully saturated rings. The number of nitrogen functional groups attached to an aromatic ring is 1. The summed E-state index contributed by atoms with van der Waals surface area (Å²) >= 11 is 5.85. The Morgan fingerprint density at radius 3 is 2.63 bits per heavy atom. The van der Waals surface area contributed by atoms with Crippen LogP contribution in [0.1, 0.15) is 26.7 Å². The maximum absolute atomic E-state index is 12.6. The van der Waals surface area contributed by atoms with Gasteiger partial charge in [0.1, 0.15) is 10.7 Å². The van der Waals surface area contributed by atoms with Gasteiger partial charge < -0.3 is 5.73 Å². The lowest BCUT2D eigenvalue weighted by Crippen LogP contribution is -2.38. The molecular formula is C12H18ClN3O2S. The number of hydrogen-bond donors (Lipinski definition) is 1. The summed E-state index contributed by atoms with van der Waals surface area (Å²) in [6.07, 6.45) is 3.46. The van der Waals surface area contributed by atoms with Gasteiger partial charge in [-0.2, -0.15) is 4.31 Å². The van der Waals surface area contributed by atoms with E-state index in [2.05, 4.69) is 4.98 Å². The van der Waals surface area contributed by atoms with Crippen molar-refractivity contribution in [2.45, 2.75) is 37.6 Å². The van der Waals surface area contributed by atoms with Crippen LogP contribution in [0.4, 0.5) is 5.82 Å². The highest BCUT2D eigenvalue weighted by atomic mass is 35.5. The molecule has 0 bridgehead atoms. The highest BCUT2D eigenvalue weighted by molar-refractivity contribution is 7.89. The van der Waals surface area contributed by atoms with Crippen LogP contribution in [0.25, 0.3) is 0 Å². The molecule has 19 heavy (non-hydrogen) atoms. The molecule has 2 rings (SSSR count). The molecule has 0 radical (unpaired) electrons. The highest BCUT2D eigenvalue weighted by Crippen LogP contribution is 2.33. The molecule has 0 spiro atoms. The Bertz CT molecular complexity index is 570. The van der Waals surface area contributed by atoms with E-state index in [1.54, 1.807) is 0 Å². The molecule has 1 aliphatic carbocycles. The van der Waals surface area contributed by atoms with Gasteiger partial charge in [0, 0.05) is 18.8 Å². The molecule has 0 unspecified atom stereocenters. The topological polar surface area (TPSA) is 76.3 Å². The van der Waals surface area contributed by atoms with Crippen molar-refractivity contribution in [2.24, 2.45) is 5.92 Å². The Balaban J connectivity index is 2.34. The maximum atomic E-state index is 12.6. The van der Waals surface area contributed by atoms with E-state index in [1.807, 2.05) is 13.8 Å². The van der Waals surface area contributed by atoms with Crippen LogP contribution in [0.15, 0.2) is 17.2 Å². The lowest BCUT2D eigenvalue weighted by molar-refractivity contribution is 0.341. The molecule has 1 aromatic heterocycles. The molecule has 0 atom stereocenters. The van der Waals surface area contributed by atoms with Gasteiger partial charge in [-0.3, -0.25) is 0 Å². The van der Waals surface area contributed by atoms with Crippen molar-refractivity contribution < 1.29 is 8.42 Å². The Kier molecular flexibility index (Phi) is 4.03. The summed E-state index contributed by atoms with van der Waals surface area (Å²) < 4.78 is 26.7. The van der Waals surface area contributed by atoms with Gasteiger partial charge in [-0.1, -0.05) is 11.6 Å². The molecule has 1 aliphatic rings. The Morgan fingerprint density at radius 1 is 1.53 bits per heavy atom. The summed E-state index contributed by atoms with van der Waals surface area (Å²) in [5.41, 5.74) is 5.51. The number of nitrogens with two attached hydrogens (primary N) is 1. The van der Waals surface area contributed by atoms with Gasteiger partial charge in [-0.25, -0.2) is 13.4 Å². The average Bonchev–Trinajstić information content (AvgIpc) is 3.12. The molecule has 1 saturated carbocycles. The lowest BCUT2D eigenvalue weighted by atomic mass is 10.3. The van der Waals surface area contributed by atoms with Crippen LogP contribution < -0.4 is 5.73 Å². The predicted molar refractivity (Wildman–Crippen MR) is 75.4 cm³/mol. The zero-order valence-corrected chi connectivity index (χ0v) is 12.6. The second kappa shape index (κ2) is 5.26. The predicted octanol–water partition coefficient (Wildman–Crippen LogP) is 2.13. The number of anilines is 1. The van der Waals surface area contributed by atoms with E-state index in [1.165, 1.54) is 16.6 Å². The molecule has 0 saturated heterocycles. The second-order valence-electron chi connectivity index (χ2n) is 5.15. The summed E-state index contributed by atoms with van der Waals surface area (Å²) in [7, 11) is -3.56. The van der Waals surface area contributed by atoms with E-state index in [0.717, 1.165) is 12.8 Å². The van der Waals surface area contributed by atoms with Gasteiger partial charge in [-0.05, 0) is 38.7 Å². The fraction of sp³-hybridized carbons (Fsp3) is 0.583. The van der Waals surface area contributed by atoms with E-state index in [4.69, 9.17) is 17.3 Å². The van der Waals surface area contributed by atoms with Gasteiger partial charge in [0.25, 0.3) is 0 Å². The number of aromatic nitrogens is 1. The molecule has 2 N–H and O–H groups in total. The molecule has 7 heteroatoms. The Morgan fingerprint density at radius 2 is 2.16 bits per heavy atom.